The van der Waals surface area contributed by atoms with Gasteiger partial charge < -0.3 is 5.11 Å². The fourth-order valence-corrected chi connectivity index (χ4v) is 3.51. The van der Waals surface area contributed by atoms with Gasteiger partial charge in [0.25, 0.3) is 0 Å². The summed E-state index contributed by atoms with van der Waals surface area (Å²) in [6, 6.07) is 0. The van der Waals surface area contributed by atoms with E-state index in [9.17, 15) is 4.79 Å². The predicted octanol–water partition coefficient (Wildman–Crippen LogP) is 2.08. The van der Waals surface area contributed by atoms with Crippen molar-refractivity contribution in [2.45, 2.75) is 25.8 Å². The zero-order valence-corrected chi connectivity index (χ0v) is 11.5. The number of thiazole rings is 1. The molecule has 1 N–H and O–H groups in total. The first-order valence-corrected chi connectivity index (χ1v) is 7.44. The van der Waals surface area contributed by atoms with Gasteiger partial charge in [-0.05, 0) is 25.3 Å². The normalized spacial score (nSPS) is 20.9. The minimum atomic E-state index is -0.686. The number of hydrogen-bond donors (Lipinski definition) is 1. The number of aromatic nitrogens is 2. The third kappa shape index (κ3) is 2.96. The highest BCUT2D eigenvalue weighted by atomic mass is 32.1. The summed E-state index contributed by atoms with van der Waals surface area (Å²) in [5.41, 5.74) is 1.07. The second-order valence-electron chi connectivity index (χ2n) is 5.17. The standard InChI is InChI=1S/C13H17N3O2S/c17-12(18)6-10-2-1-3-15(7-10)8-11-9-16-4-5-19-13(16)14-11/h4-5,9-10H,1-3,6-8H2,(H,17,18). The molecule has 0 bridgehead atoms. The summed E-state index contributed by atoms with van der Waals surface area (Å²) in [7, 11) is 0. The van der Waals surface area contributed by atoms with E-state index in [4.69, 9.17) is 5.11 Å². The van der Waals surface area contributed by atoms with E-state index in [-0.39, 0.29) is 12.3 Å². The van der Waals surface area contributed by atoms with E-state index in [1.54, 1.807) is 11.3 Å². The smallest absolute Gasteiger partial charge is 0.303 e. The van der Waals surface area contributed by atoms with Gasteiger partial charge in [-0.3, -0.25) is 14.1 Å². The Morgan fingerprint density at radius 1 is 1.58 bits per heavy atom. The molecule has 6 heteroatoms. The van der Waals surface area contributed by atoms with Gasteiger partial charge >= 0.3 is 5.97 Å². The molecular formula is C13H17N3O2S. The van der Waals surface area contributed by atoms with Crippen LogP contribution in [-0.4, -0.2) is 38.4 Å². The Kier molecular flexibility index (Phi) is 3.52. The number of piperidine rings is 1. The van der Waals surface area contributed by atoms with Gasteiger partial charge in [0, 0.05) is 37.3 Å². The summed E-state index contributed by atoms with van der Waals surface area (Å²) in [6.45, 7) is 2.74. The van der Waals surface area contributed by atoms with Gasteiger partial charge in [0.05, 0.1) is 5.69 Å². The molecule has 3 heterocycles. The summed E-state index contributed by atoms with van der Waals surface area (Å²) < 4.78 is 2.04. The maximum Gasteiger partial charge on any atom is 0.303 e. The van der Waals surface area contributed by atoms with Crippen LogP contribution in [0.15, 0.2) is 17.8 Å². The van der Waals surface area contributed by atoms with Crippen molar-refractivity contribution in [1.82, 2.24) is 14.3 Å². The molecule has 1 fully saturated rings. The van der Waals surface area contributed by atoms with Crippen LogP contribution in [0.25, 0.3) is 4.96 Å². The van der Waals surface area contributed by atoms with Gasteiger partial charge in [-0.2, -0.15) is 0 Å². The number of nitrogens with zero attached hydrogens (tertiary/aromatic N) is 3. The summed E-state index contributed by atoms with van der Waals surface area (Å²) in [5, 5.41) is 10.9. The largest absolute Gasteiger partial charge is 0.481 e. The zero-order valence-electron chi connectivity index (χ0n) is 10.7. The average Bonchev–Trinajstić information content (AvgIpc) is 2.89. The fourth-order valence-electron chi connectivity index (χ4n) is 2.79. The maximum atomic E-state index is 10.8. The number of imidazole rings is 1. The van der Waals surface area contributed by atoms with E-state index < -0.39 is 5.97 Å². The van der Waals surface area contributed by atoms with Gasteiger partial charge in [-0.25, -0.2) is 4.98 Å². The van der Waals surface area contributed by atoms with Gasteiger partial charge in [0.15, 0.2) is 4.96 Å². The highest BCUT2D eigenvalue weighted by Gasteiger charge is 2.22. The van der Waals surface area contributed by atoms with Crippen molar-refractivity contribution < 1.29 is 9.90 Å². The molecule has 0 aromatic carbocycles. The quantitative estimate of drug-likeness (QED) is 0.931. The van der Waals surface area contributed by atoms with E-state index in [1.807, 2.05) is 16.0 Å². The van der Waals surface area contributed by atoms with Crippen molar-refractivity contribution in [3.63, 3.8) is 0 Å². The summed E-state index contributed by atoms with van der Waals surface area (Å²) >= 11 is 1.63. The second kappa shape index (κ2) is 5.30. The molecule has 0 aliphatic carbocycles. The molecule has 1 atom stereocenters. The van der Waals surface area contributed by atoms with Crippen LogP contribution in [0.2, 0.25) is 0 Å². The van der Waals surface area contributed by atoms with E-state index in [0.29, 0.717) is 0 Å². The molecule has 0 saturated carbocycles. The monoisotopic (exact) mass is 279 g/mol. The highest BCUT2D eigenvalue weighted by Crippen LogP contribution is 2.21. The molecule has 0 amide bonds. The molecule has 19 heavy (non-hydrogen) atoms. The summed E-state index contributed by atoms with van der Waals surface area (Å²) in [5.74, 6) is -0.399. The molecule has 1 aliphatic rings. The molecule has 2 aromatic rings. The molecule has 5 nitrogen and oxygen atoms in total. The van der Waals surface area contributed by atoms with Gasteiger partial charge in [0.2, 0.25) is 0 Å². The summed E-state index contributed by atoms with van der Waals surface area (Å²) in [4.78, 5) is 18.7. The number of aliphatic carboxylic acids is 1. The van der Waals surface area contributed by atoms with Crippen molar-refractivity contribution in [3.05, 3.63) is 23.5 Å². The molecule has 1 saturated heterocycles. The van der Waals surface area contributed by atoms with E-state index in [0.717, 1.165) is 43.1 Å². The molecule has 1 unspecified atom stereocenters. The van der Waals surface area contributed by atoms with Crippen LogP contribution in [-0.2, 0) is 11.3 Å². The molecule has 0 radical (unpaired) electrons. The van der Waals surface area contributed by atoms with Crippen LogP contribution < -0.4 is 0 Å². The van der Waals surface area contributed by atoms with E-state index in [2.05, 4.69) is 16.1 Å². The first-order chi connectivity index (χ1) is 9.20. The van der Waals surface area contributed by atoms with Crippen LogP contribution in [0.5, 0.6) is 0 Å². The molecule has 1 aliphatic heterocycles. The lowest BCUT2D eigenvalue weighted by Crippen LogP contribution is -2.35. The van der Waals surface area contributed by atoms with Crippen LogP contribution in [0.3, 0.4) is 0 Å². The maximum absolute atomic E-state index is 10.8. The molecule has 102 valence electrons. The lowest BCUT2D eigenvalue weighted by Gasteiger charge is -2.31. The number of carboxylic acid groups (broad SMARTS) is 1. The van der Waals surface area contributed by atoms with Crippen molar-refractivity contribution in [2.24, 2.45) is 5.92 Å². The Balaban J connectivity index is 1.62. The number of carboxylic acids is 1. The minimum Gasteiger partial charge on any atom is -0.481 e. The average molecular weight is 279 g/mol. The SMILES string of the molecule is O=C(O)CC1CCCN(Cc2cn3ccsc3n2)C1. The van der Waals surface area contributed by atoms with Crippen LogP contribution >= 0.6 is 11.3 Å². The Bertz CT molecular complexity index is 549. The van der Waals surface area contributed by atoms with Crippen LogP contribution in [0.1, 0.15) is 25.0 Å². The molecule has 0 spiro atoms. The highest BCUT2D eigenvalue weighted by molar-refractivity contribution is 7.15. The number of likely N-dealkylation sites (tertiary alicyclic amines) is 1. The first-order valence-electron chi connectivity index (χ1n) is 6.56. The number of fused-ring (bicyclic) bond motifs is 1. The Hall–Kier alpha value is -1.40. The first kappa shape index (κ1) is 12.6. The zero-order chi connectivity index (χ0) is 13.2. The third-order valence-corrected chi connectivity index (χ3v) is 4.37. The minimum absolute atomic E-state index is 0.286. The lowest BCUT2D eigenvalue weighted by molar-refractivity contribution is -0.138. The number of rotatable bonds is 4. The Morgan fingerprint density at radius 2 is 2.47 bits per heavy atom. The van der Waals surface area contributed by atoms with Gasteiger partial charge in [-0.15, -0.1) is 11.3 Å². The van der Waals surface area contributed by atoms with Crippen LogP contribution in [0.4, 0.5) is 0 Å². The molecule has 2 aromatic heterocycles. The lowest BCUT2D eigenvalue weighted by atomic mass is 9.95. The Labute approximate surface area is 115 Å². The van der Waals surface area contributed by atoms with Crippen molar-refractivity contribution in [3.8, 4) is 0 Å². The second-order valence-corrected chi connectivity index (χ2v) is 6.04. The molecular weight excluding hydrogens is 262 g/mol. The van der Waals surface area contributed by atoms with Crippen molar-refractivity contribution in [2.75, 3.05) is 13.1 Å². The van der Waals surface area contributed by atoms with Crippen LogP contribution in [0, 0.1) is 5.92 Å². The third-order valence-electron chi connectivity index (χ3n) is 3.60. The van der Waals surface area contributed by atoms with Gasteiger partial charge in [-0.1, -0.05) is 0 Å². The predicted molar refractivity (Wildman–Crippen MR) is 73.3 cm³/mol. The van der Waals surface area contributed by atoms with E-state index in [1.165, 1.54) is 0 Å². The van der Waals surface area contributed by atoms with Gasteiger partial charge in [0.1, 0.15) is 0 Å². The topological polar surface area (TPSA) is 57.8 Å². The van der Waals surface area contributed by atoms with E-state index >= 15 is 0 Å². The Morgan fingerprint density at radius 3 is 3.26 bits per heavy atom. The summed E-state index contributed by atoms with van der Waals surface area (Å²) in [6.07, 6.45) is 6.47. The number of carbonyl (C=O) groups is 1. The van der Waals surface area contributed by atoms with Crippen molar-refractivity contribution >= 4 is 22.3 Å². The fraction of sp³-hybridized carbons (Fsp3) is 0.538. The van der Waals surface area contributed by atoms with Crippen molar-refractivity contribution in [1.29, 1.82) is 0 Å². The molecule has 3 rings (SSSR count). The number of hydrogen-bond acceptors (Lipinski definition) is 4.